The summed E-state index contributed by atoms with van der Waals surface area (Å²) in [7, 11) is 0. The van der Waals surface area contributed by atoms with Crippen molar-refractivity contribution in [2.75, 3.05) is 13.2 Å². The zero-order valence-electron chi connectivity index (χ0n) is 11.2. The first-order chi connectivity index (χ1) is 9.29. The molecule has 0 aliphatic heterocycles. The summed E-state index contributed by atoms with van der Waals surface area (Å²) in [6, 6.07) is 7.91. The Morgan fingerprint density at radius 2 is 2.11 bits per heavy atom. The van der Waals surface area contributed by atoms with Crippen LogP contribution in [0, 0.1) is 6.92 Å². The number of aryl methyl sites for hydroxylation is 1. The highest BCUT2D eigenvalue weighted by atomic mass is 16.5. The summed E-state index contributed by atoms with van der Waals surface area (Å²) in [6.07, 6.45) is 5.21. The summed E-state index contributed by atoms with van der Waals surface area (Å²) in [4.78, 5) is 8.56. The number of pyridine rings is 2. The number of hydrogen-bond donors (Lipinski definition) is 1. The fraction of sp³-hybridized carbons (Fsp3) is 0.333. The monoisotopic (exact) mass is 257 g/mol. The van der Waals surface area contributed by atoms with Gasteiger partial charge in [-0.3, -0.25) is 9.97 Å². The minimum atomic E-state index is 0.579. The van der Waals surface area contributed by atoms with Crippen molar-refractivity contribution in [1.82, 2.24) is 9.97 Å². The van der Waals surface area contributed by atoms with Crippen molar-refractivity contribution in [2.45, 2.75) is 19.8 Å². The maximum absolute atomic E-state index is 5.80. The summed E-state index contributed by atoms with van der Waals surface area (Å²) < 4.78 is 5.80. The van der Waals surface area contributed by atoms with Crippen LogP contribution >= 0.6 is 0 Å². The molecule has 0 radical (unpaired) electrons. The van der Waals surface area contributed by atoms with E-state index in [1.807, 2.05) is 37.4 Å². The fourth-order valence-corrected chi connectivity index (χ4v) is 1.87. The number of ether oxygens (including phenoxy) is 1. The highest BCUT2D eigenvalue weighted by Crippen LogP contribution is 2.17. The van der Waals surface area contributed by atoms with Crippen molar-refractivity contribution in [2.24, 2.45) is 5.73 Å². The van der Waals surface area contributed by atoms with E-state index < -0.39 is 0 Å². The van der Waals surface area contributed by atoms with Gasteiger partial charge in [0.2, 0.25) is 0 Å². The lowest BCUT2D eigenvalue weighted by Crippen LogP contribution is -2.09. The molecule has 2 rings (SSSR count). The zero-order chi connectivity index (χ0) is 13.5. The van der Waals surface area contributed by atoms with Crippen molar-refractivity contribution < 1.29 is 4.74 Å². The molecule has 0 saturated heterocycles. The lowest BCUT2D eigenvalue weighted by molar-refractivity contribution is 0.316. The predicted molar refractivity (Wildman–Crippen MR) is 75.2 cm³/mol. The van der Waals surface area contributed by atoms with E-state index >= 15 is 0 Å². The summed E-state index contributed by atoms with van der Waals surface area (Å²) >= 11 is 0. The van der Waals surface area contributed by atoms with Crippen molar-refractivity contribution in [3.63, 3.8) is 0 Å². The van der Waals surface area contributed by atoms with Crippen molar-refractivity contribution in [3.8, 4) is 5.75 Å². The second kappa shape index (κ2) is 6.85. The van der Waals surface area contributed by atoms with Crippen LogP contribution in [0.1, 0.15) is 17.0 Å². The third-order valence-electron chi connectivity index (χ3n) is 2.82. The van der Waals surface area contributed by atoms with Gasteiger partial charge in [0.1, 0.15) is 5.75 Å². The average molecular weight is 257 g/mol. The molecule has 0 amide bonds. The van der Waals surface area contributed by atoms with Gasteiger partial charge in [0.15, 0.2) is 0 Å². The van der Waals surface area contributed by atoms with Crippen LogP contribution in [0.15, 0.2) is 36.7 Å². The van der Waals surface area contributed by atoms with Crippen LogP contribution < -0.4 is 10.5 Å². The smallest absolute Gasteiger partial charge is 0.140 e. The Hall–Kier alpha value is -1.94. The zero-order valence-corrected chi connectivity index (χ0v) is 11.2. The predicted octanol–water partition coefficient (Wildman–Crippen LogP) is 1.91. The number of hydrogen-bond acceptors (Lipinski definition) is 4. The molecule has 2 aromatic heterocycles. The Morgan fingerprint density at radius 1 is 1.21 bits per heavy atom. The van der Waals surface area contributed by atoms with Gasteiger partial charge in [-0.15, -0.1) is 0 Å². The van der Waals surface area contributed by atoms with Crippen molar-refractivity contribution in [1.29, 1.82) is 0 Å². The lowest BCUT2D eigenvalue weighted by Gasteiger charge is -2.11. The number of aromatic nitrogens is 2. The van der Waals surface area contributed by atoms with Crippen LogP contribution in [-0.2, 0) is 12.8 Å². The minimum Gasteiger partial charge on any atom is -0.491 e. The third-order valence-corrected chi connectivity index (χ3v) is 2.82. The van der Waals surface area contributed by atoms with Crippen molar-refractivity contribution in [3.05, 3.63) is 53.6 Å². The molecule has 2 heterocycles. The van der Waals surface area contributed by atoms with Crippen LogP contribution in [-0.4, -0.2) is 23.1 Å². The quantitative estimate of drug-likeness (QED) is 0.858. The molecule has 0 aliphatic rings. The molecule has 0 spiro atoms. The number of nitrogens with two attached hydrogens (primary N) is 1. The second-order valence-electron chi connectivity index (χ2n) is 4.40. The minimum absolute atomic E-state index is 0.579. The van der Waals surface area contributed by atoms with Gasteiger partial charge in [0, 0.05) is 30.9 Å². The highest BCUT2D eigenvalue weighted by molar-refractivity contribution is 5.29. The Labute approximate surface area is 113 Å². The number of rotatable bonds is 6. The first-order valence-corrected chi connectivity index (χ1v) is 6.48. The molecular weight excluding hydrogens is 238 g/mol. The molecule has 0 fully saturated rings. The molecule has 2 N–H and O–H groups in total. The number of nitrogens with zero attached hydrogens (tertiary/aromatic N) is 2. The van der Waals surface area contributed by atoms with E-state index in [1.165, 1.54) is 5.56 Å². The third kappa shape index (κ3) is 4.03. The largest absolute Gasteiger partial charge is 0.491 e. The molecule has 0 aliphatic carbocycles. The van der Waals surface area contributed by atoms with Crippen LogP contribution in [0.2, 0.25) is 0 Å². The van der Waals surface area contributed by atoms with E-state index in [0.717, 1.165) is 30.0 Å². The summed E-state index contributed by atoms with van der Waals surface area (Å²) in [5.41, 5.74) is 8.69. The Bertz CT molecular complexity index is 514. The first-order valence-electron chi connectivity index (χ1n) is 6.48. The summed E-state index contributed by atoms with van der Waals surface area (Å²) in [6.45, 7) is 3.17. The fourth-order valence-electron chi connectivity index (χ4n) is 1.87. The Balaban J connectivity index is 1.95. The van der Waals surface area contributed by atoms with Gasteiger partial charge < -0.3 is 10.5 Å². The maximum Gasteiger partial charge on any atom is 0.140 e. The van der Waals surface area contributed by atoms with Crippen LogP contribution in [0.5, 0.6) is 5.75 Å². The summed E-state index contributed by atoms with van der Waals surface area (Å²) in [5, 5.41) is 0. The van der Waals surface area contributed by atoms with E-state index in [-0.39, 0.29) is 0 Å². The van der Waals surface area contributed by atoms with Crippen molar-refractivity contribution >= 4 is 0 Å². The lowest BCUT2D eigenvalue weighted by atomic mass is 10.2. The van der Waals surface area contributed by atoms with Crippen LogP contribution in [0.25, 0.3) is 0 Å². The first kappa shape index (κ1) is 13.5. The topological polar surface area (TPSA) is 61.0 Å². The molecule has 100 valence electrons. The molecule has 0 saturated carbocycles. The Morgan fingerprint density at radius 3 is 2.84 bits per heavy atom. The average Bonchev–Trinajstić information content (AvgIpc) is 2.43. The van der Waals surface area contributed by atoms with Gasteiger partial charge in [-0.05, 0) is 37.2 Å². The molecule has 4 nitrogen and oxygen atoms in total. The van der Waals surface area contributed by atoms with Gasteiger partial charge in [0.05, 0.1) is 12.3 Å². The molecule has 2 aromatic rings. The van der Waals surface area contributed by atoms with Crippen LogP contribution in [0.4, 0.5) is 0 Å². The molecule has 0 bridgehead atoms. The normalized spacial score (nSPS) is 10.4. The second-order valence-corrected chi connectivity index (χ2v) is 4.40. The molecule has 19 heavy (non-hydrogen) atoms. The van der Waals surface area contributed by atoms with E-state index in [1.54, 1.807) is 6.20 Å². The van der Waals surface area contributed by atoms with Gasteiger partial charge in [-0.25, -0.2) is 0 Å². The van der Waals surface area contributed by atoms with Gasteiger partial charge in [-0.1, -0.05) is 6.07 Å². The Kier molecular flexibility index (Phi) is 4.86. The molecule has 0 aromatic carbocycles. The van der Waals surface area contributed by atoms with Gasteiger partial charge in [-0.2, -0.15) is 0 Å². The van der Waals surface area contributed by atoms with E-state index in [0.29, 0.717) is 13.2 Å². The highest BCUT2D eigenvalue weighted by Gasteiger charge is 2.05. The maximum atomic E-state index is 5.80. The van der Waals surface area contributed by atoms with Crippen LogP contribution in [0.3, 0.4) is 0 Å². The van der Waals surface area contributed by atoms with E-state index in [4.69, 9.17) is 10.5 Å². The molecule has 4 heteroatoms. The van der Waals surface area contributed by atoms with E-state index in [9.17, 15) is 0 Å². The molecule has 0 atom stereocenters. The molecule has 0 unspecified atom stereocenters. The van der Waals surface area contributed by atoms with E-state index in [2.05, 4.69) is 9.97 Å². The SMILES string of the molecule is Cc1ccc(OCCc2cccnc2)c(CCN)n1. The summed E-state index contributed by atoms with van der Waals surface area (Å²) in [5.74, 6) is 0.833. The van der Waals surface area contributed by atoms with Gasteiger partial charge >= 0.3 is 0 Å². The molecular formula is C15H19N3O. The standard InChI is InChI=1S/C15H19N3O/c1-12-4-5-15(14(18-12)6-8-16)19-10-7-13-3-2-9-17-11-13/h2-5,9,11H,6-8,10,16H2,1H3. The van der Waals surface area contributed by atoms with Gasteiger partial charge in [0.25, 0.3) is 0 Å².